The van der Waals surface area contributed by atoms with Crippen LogP contribution in [0, 0.1) is 0 Å². The summed E-state index contributed by atoms with van der Waals surface area (Å²) < 4.78 is 0. The summed E-state index contributed by atoms with van der Waals surface area (Å²) in [4.78, 5) is 10.6. The summed E-state index contributed by atoms with van der Waals surface area (Å²) in [7, 11) is 0. The van der Waals surface area contributed by atoms with Crippen LogP contribution < -0.4 is 0 Å². The van der Waals surface area contributed by atoms with Gasteiger partial charge in [-0.1, -0.05) is 0 Å². The second-order valence-electron chi connectivity index (χ2n) is 2.01. The van der Waals surface area contributed by atoms with Crippen molar-refractivity contribution in [2.24, 2.45) is 0 Å². The van der Waals surface area contributed by atoms with Gasteiger partial charge in [0.05, 0.1) is 6.42 Å². The van der Waals surface area contributed by atoms with Gasteiger partial charge in [-0.15, -0.1) is 0 Å². The van der Waals surface area contributed by atoms with Gasteiger partial charge in [-0.2, -0.15) is 0 Å². The van der Waals surface area contributed by atoms with Crippen molar-refractivity contribution in [1.29, 1.82) is 0 Å². The normalized spacial score (nSPS) is 11.5. The molecule has 11 heavy (non-hydrogen) atoms. The molecule has 0 fully saturated rings. The molecule has 1 aromatic rings. The van der Waals surface area contributed by atoms with Crippen LogP contribution in [0.25, 0.3) is 0 Å². The number of aromatic nitrogens is 3. The fourth-order valence-electron chi connectivity index (χ4n) is 0.567. The Balaban J connectivity index is 2.66. The molecule has 3 N–H and O–H groups in total. The van der Waals surface area contributed by atoms with E-state index in [1.807, 2.05) is 0 Å². The lowest BCUT2D eigenvalue weighted by Crippen LogP contribution is -2.30. The molecular formula is C5H7N3O3. The molecule has 0 atom stereocenters. The lowest BCUT2D eigenvalue weighted by atomic mass is 10.3. The second kappa shape index (κ2) is 2.87. The summed E-state index contributed by atoms with van der Waals surface area (Å²) in [5, 5.41) is 25.4. The third kappa shape index (κ3) is 2.99. The van der Waals surface area contributed by atoms with E-state index in [0.29, 0.717) is 0 Å². The highest BCUT2D eigenvalue weighted by molar-refractivity contribution is 4.83. The SMILES string of the molecule is OC(O)(O)Cc1ncncn1. The van der Waals surface area contributed by atoms with E-state index >= 15 is 0 Å². The van der Waals surface area contributed by atoms with Crippen molar-refractivity contribution in [2.45, 2.75) is 12.4 Å². The third-order valence-corrected chi connectivity index (χ3v) is 0.942. The standard InChI is InChI=1S/C5H7N3O3/c9-5(10,11)1-4-7-2-6-3-8-4/h2-3,9-11H,1H2. The van der Waals surface area contributed by atoms with Crippen LogP contribution >= 0.6 is 0 Å². The number of hydrogen-bond donors (Lipinski definition) is 3. The van der Waals surface area contributed by atoms with E-state index in [4.69, 9.17) is 15.3 Å². The lowest BCUT2D eigenvalue weighted by Gasteiger charge is -2.11. The molecule has 0 aromatic carbocycles. The van der Waals surface area contributed by atoms with Crippen LogP contribution in [0.2, 0.25) is 0 Å². The minimum Gasteiger partial charge on any atom is -0.343 e. The summed E-state index contributed by atoms with van der Waals surface area (Å²) in [5.74, 6) is -2.63. The highest BCUT2D eigenvalue weighted by atomic mass is 16.7. The molecule has 60 valence electrons. The molecule has 0 aliphatic carbocycles. The van der Waals surface area contributed by atoms with E-state index in [-0.39, 0.29) is 5.82 Å². The van der Waals surface area contributed by atoms with E-state index in [0.717, 1.165) is 0 Å². The highest BCUT2D eigenvalue weighted by Gasteiger charge is 2.20. The van der Waals surface area contributed by atoms with E-state index in [9.17, 15) is 0 Å². The Labute approximate surface area is 62.2 Å². The van der Waals surface area contributed by atoms with Gasteiger partial charge in [0.25, 0.3) is 5.97 Å². The average molecular weight is 157 g/mol. The lowest BCUT2D eigenvalue weighted by molar-refractivity contribution is -0.310. The molecule has 6 heteroatoms. The molecule has 1 rings (SSSR count). The minimum atomic E-state index is -2.75. The van der Waals surface area contributed by atoms with Crippen molar-refractivity contribution in [2.75, 3.05) is 0 Å². The van der Waals surface area contributed by atoms with Crippen molar-refractivity contribution >= 4 is 0 Å². The Morgan fingerprint density at radius 3 is 2.18 bits per heavy atom. The van der Waals surface area contributed by atoms with Crippen LogP contribution in [-0.2, 0) is 6.42 Å². The van der Waals surface area contributed by atoms with Gasteiger partial charge in [0.1, 0.15) is 18.5 Å². The third-order valence-electron chi connectivity index (χ3n) is 0.942. The Morgan fingerprint density at radius 2 is 1.73 bits per heavy atom. The first-order chi connectivity index (χ1) is 5.08. The maximum Gasteiger partial charge on any atom is 0.282 e. The first-order valence-corrected chi connectivity index (χ1v) is 2.86. The molecule has 0 saturated heterocycles. The smallest absolute Gasteiger partial charge is 0.282 e. The highest BCUT2D eigenvalue weighted by Crippen LogP contribution is 2.00. The number of aliphatic hydroxyl groups is 3. The molecule has 0 bridgehead atoms. The van der Waals surface area contributed by atoms with Crippen molar-refractivity contribution in [3.63, 3.8) is 0 Å². The quantitative estimate of drug-likeness (QED) is 0.431. The molecule has 0 saturated carbocycles. The summed E-state index contributed by atoms with van der Waals surface area (Å²) >= 11 is 0. The Kier molecular flexibility index (Phi) is 2.08. The van der Waals surface area contributed by atoms with Gasteiger partial charge in [-0.05, 0) is 0 Å². The zero-order chi connectivity index (χ0) is 8.32. The Bertz CT molecular complexity index is 220. The van der Waals surface area contributed by atoms with Crippen molar-refractivity contribution in [3.05, 3.63) is 18.5 Å². The summed E-state index contributed by atoms with van der Waals surface area (Å²) in [6.45, 7) is 0. The molecule has 6 nitrogen and oxygen atoms in total. The molecule has 0 amide bonds. The monoisotopic (exact) mass is 157 g/mol. The predicted octanol–water partition coefficient (Wildman–Crippen LogP) is -1.96. The first kappa shape index (κ1) is 7.99. The fourth-order valence-corrected chi connectivity index (χ4v) is 0.567. The molecule has 0 radical (unpaired) electrons. The predicted molar refractivity (Wildman–Crippen MR) is 32.9 cm³/mol. The summed E-state index contributed by atoms with van der Waals surface area (Å²) in [5.41, 5.74) is 0. The first-order valence-electron chi connectivity index (χ1n) is 2.86. The summed E-state index contributed by atoms with van der Waals surface area (Å²) in [6, 6.07) is 0. The minimum absolute atomic E-state index is 0.118. The molecule has 1 heterocycles. The van der Waals surface area contributed by atoms with Gasteiger partial charge < -0.3 is 15.3 Å². The fraction of sp³-hybridized carbons (Fsp3) is 0.400. The largest absolute Gasteiger partial charge is 0.343 e. The maximum atomic E-state index is 8.48. The van der Waals surface area contributed by atoms with Crippen LogP contribution in [0.15, 0.2) is 12.7 Å². The van der Waals surface area contributed by atoms with Crippen LogP contribution in [0.5, 0.6) is 0 Å². The van der Waals surface area contributed by atoms with Gasteiger partial charge >= 0.3 is 0 Å². The van der Waals surface area contributed by atoms with Crippen molar-refractivity contribution in [3.8, 4) is 0 Å². The number of nitrogens with zero attached hydrogens (tertiary/aromatic N) is 3. The maximum absolute atomic E-state index is 8.48. The molecule has 0 aliphatic heterocycles. The number of rotatable bonds is 2. The second-order valence-corrected chi connectivity index (χ2v) is 2.01. The van der Waals surface area contributed by atoms with Crippen LogP contribution in [0.3, 0.4) is 0 Å². The molecule has 0 spiro atoms. The van der Waals surface area contributed by atoms with E-state index in [1.165, 1.54) is 12.7 Å². The zero-order valence-electron chi connectivity index (χ0n) is 5.55. The molecular weight excluding hydrogens is 150 g/mol. The van der Waals surface area contributed by atoms with Crippen LogP contribution in [0.1, 0.15) is 5.82 Å². The van der Waals surface area contributed by atoms with Crippen molar-refractivity contribution in [1.82, 2.24) is 15.0 Å². The van der Waals surface area contributed by atoms with Gasteiger partial charge in [0, 0.05) is 0 Å². The number of hydrogen-bond acceptors (Lipinski definition) is 6. The van der Waals surface area contributed by atoms with Gasteiger partial charge in [-0.25, -0.2) is 15.0 Å². The molecule has 1 aromatic heterocycles. The summed E-state index contributed by atoms with van der Waals surface area (Å²) in [6.07, 6.45) is 1.97. The Morgan fingerprint density at radius 1 is 1.18 bits per heavy atom. The average Bonchev–Trinajstić information content (AvgIpc) is 1.85. The van der Waals surface area contributed by atoms with Crippen LogP contribution in [0.4, 0.5) is 0 Å². The van der Waals surface area contributed by atoms with Crippen molar-refractivity contribution < 1.29 is 15.3 Å². The Hall–Kier alpha value is -1.11. The zero-order valence-corrected chi connectivity index (χ0v) is 5.55. The van der Waals surface area contributed by atoms with Gasteiger partial charge in [0.15, 0.2) is 0 Å². The van der Waals surface area contributed by atoms with E-state index in [1.54, 1.807) is 0 Å². The molecule has 0 unspecified atom stereocenters. The van der Waals surface area contributed by atoms with Gasteiger partial charge in [0.2, 0.25) is 0 Å². The topological polar surface area (TPSA) is 99.4 Å². The van der Waals surface area contributed by atoms with E-state index < -0.39 is 12.4 Å². The van der Waals surface area contributed by atoms with Gasteiger partial charge in [-0.3, -0.25) is 0 Å². The van der Waals surface area contributed by atoms with Crippen LogP contribution in [-0.4, -0.2) is 36.2 Å². The van der Waals surface area contributed by atoms with E-state index in [2.05, 4.69) is 15.0 Å². The molecule has 0 aliphatic rings.